The largest absolute Gasteiger partial charge is 0.461 e. The molecular formula is C24H27N3O2S. The minimum atomic E-state index is -0.546. The molecule has 30 heavy (non-hydrogen) atoms. The number of hydrogen-bond donors (Lipinski definition) is 0. The van der Waals surface area contributed by atoms with Crippen molar-refractivity contribution in [3.63, 3.8) is 0 Å². The number of fused-ring (bicyclic) bond motifs is 1. The van der Waals surface area contributed by atoms with Crippen molar-refractivity contribution in [2.75, 3.05) is 0 Å². The van der Waals surface area contributed by atoms with Crippen molar-refractivity contribution in [1.82, 2.24) is 4.57 Å². The summed E-state index contributed by atoms with van der Waals surface area (Å²) in [4.78, 5) is 16.8. The van der Waals surface area contributed by atoms with Crippen molar-refractivity contribution in [2.45, 2.75) is 80.6 Å². The maximum atomic E-state index is 12.6. The second kappa shape index (κ2) is 7.77. The van der Waals surface area contributed by atoms with Crippen LogP contribution in [0.15, 0.2) is 29.4 Å². The monoisotopic (exact) mass is 421 g/mol. The van der Waals surface area contributed by atoms with Gasteiger partial charge in [0.05, 0.1) is 5.56 Å². The van der Waals surface area contributed by atoms with Crippen LogP contribution in [0.1, 0.15) is 75.5 Å². The maximum Gasteiger partial charge on any atom is 0.324 e. The fourth-order valence-electron chi connectivity index (χ4n) is 5.12. The lowest BCUT2D eigenvalue weighted by molar-refractivity contribution is -0.146. The summed E-state index contributed by atoms with van der Waals surface area (Å²) in [6, 6.07) is 9.17. The number of aliphatic imine (C=N–C) groups is 1. The number of carbonyl (C=O) groups is 1. The lowest BCUT2D eigenvalue weighted by Crippen LogP contribution is -2.25. The second-order valence-electron chi connectivity index (χ2n) is 8.87. The molecule has 156 valence electrons. The Labute approximate surface area is 181 Å². The van der Waals surface area contributed by atoms with Crippen molar-refractivity contribution in [3.05, 3.63) is 35.5 Å². The Morgan fingerprint density at radius 2 is 1.97 bits per heavy atom. The molecule has 2 atom stereocenters. The molecule has 1 aromatic carbocycles. The number of hydrogen-bond acceptors (Lipinski definition) is 5. The van der Waals surface area contributed by atoms with Crippen LogP contribution >= 0.6 is 11.8 Å². The van der Waals surface area contributed by atoms with Crippen LogP contribution in [0.25, 0.3) is 10.9 Å². The van der Waals surface area contributed by atoms with E-state index in [1.807, 2.05) is 13.1 Å². The molecule has 0 radical (unpaired) electrons. The number of carbonyl (C=O) groups excluding carboxylic acids is 1. The molecule has 5 rings (SSSR count). The Hall–Kier alpha value is -2.26. The Kier molecular flexibility index (Phi) is 5.10. The predicted octanol–water partition coefficient (Wildman–Crippen LogP) is 5.47. The first-order valence-electron chi connectivity index (χ1n) is 11.1. The number of aromatic nitrogens is 1. The van der Waals surface area contributed by atoms with E-state index in [1.165, 1.54) is 37.4 Å². The van der Waals surface area contributed by atoms with Crippen LogP contribution in [0.5, 0.6) is 0 Å². The molecule has 1 aromatic heterocycles. The van der Waals surface area contributed by atoms with Gasteiger partial charge in [0, 0.05) is 29.4 Å². The third-order valence-corrected chi connectivity index (χ3v) is 8.21. The molecule has 6 heteroatoms. The van der Waals surface area contributed by atoms with E-state index in [0.29, 0.717) is 11.6 Å². The Morgan fingerprint density at radius 1 is 1.23 bits per heavy atom. The van der Waals surface area contributed by atoms with E-state index in [-0.39, 0.29) is 17.3 Å². The maximum absolute atomic E-state index is 12.6. The molecule has 0 amide bonds. The SMILES string of the molecule is CC1(c2ccc3c(c2)c(C#N)cn3C2CCCC2)N=CC(C(=O)OC2CCCC2)S1. The normalized spacial score (nSPS) is 27.1. The second-order valence-corrected chi connectivity index (χ2v) is 10.4. The van der Waals surface area contributed by atoms with Crippen molar-refractivity contribution in [2.24, 2.45) is 4.99 Å². The van der Waals surface area contributed by atoms with Crippen LogP contribution in [0.4, 0.5) is 0 Å². The quantitative estimate of drug-likeness (QED) is 0.614. The fraction of sp³-hybridized carbons (Fsp3) is 0.542. The number of nitriles is 1. The topological polar surface area (TPSA) is 67.4 Å². The van der Waals surface area contributed by atoms with E-state index in [0.717, 1.165) is 42.1 Å². The molecule has 5 nitrogen and oxygen atoms in total. The molecule has 2 heterocycles. The zero-order valence-electron chi connectivity index (χ0n) is 17.3. The molecule has 0 N–H and O–H groups in total. The zero-order valence-corrected chi connectivity index (χ0v) is 18.2. The lowest BCUT2D eigenvalue weighted by atomic mass is 10.0. The van der Waals surface area contributed by atoms with Gasteiger partial charge in [-0.25, -0.2) is 0 Å². The molecule has 3 aliphatic rings. The first-order chi connectivity index (χ1) is 14.6. The first kappa shape index (κ1) is 19.7. The van der Waals surface area contributed by atoms with E-state index < -0.39 is 4.87 Å². The zero-order chi connectivity index (χ0) is 20.7. The number of esters is 1. The summed E-state index contributed by atoms with van der Waals surface area (Å²) in [7, 11) is 0. The van der Waals surface area contributed by atoms with Gasteiger partial charge in [-0.15, -0.1) is 11.8 Å². The average Bonchev–Trinajstić information content (AvgIpc) is 3.53. The molecule has 1 aliphatic heterocycles. The van der Waals surface area contributed by atoms with Crippen LogP contribution in [0.2, 0.25) is 0 Å². The van der Waals surface area contributed by atoms with Gasteiger partial charge in [0.2, 0.25) is 0 Å². The number of thioether (sulfide) groups is 1. The van der Waals surface area contributed by atoms with Gasteiger partial charge >= 0.3 is 5.97 Å². The fourth-order valence-corrected chi connectivity index (χ4v) is 6.28. The number of benzene rings is 1. The van der Waals surface area contributed by atoms with E-state index >= 15 is 0 Å². The summed E-state index contributed by atoms with van der Waals surface area (Å²) in [5, 5.41) is 10.3. The number of nitrogens with zero attached hydrogens (tertiary/aromatic N) is 3. The third-order valence-electron chi connectivity index (χ3n) is 6.84. The third kappa shape index (κ3) is 3.43. The van der Waals surface area contributed by atoms with Gasteiger partial charge in [-0.1, -0.05) is 18.9 Å². The van der Waals surface area contributed by atoms with Crippen molar-refractivity contribution < 1.29 is 9.53 Å². The van der Waals surface area contributed by atoms with E-state index in [2.05, 4.69) is 28.8 Å². The molecule has 2 fully saturated rings. The van der Waals surface area contributed by atoms with Crippen LogP contribution in [-0.2, 0) is 14.4 Å². The highest BCUT2D eigenvalue weighted by Gasteiger charge is 2.39. The Bertz CT molecular complexity index is 1040. The van der Waals surface area contributed by atoms with Crippen LogP contribution in [-0.4, -0.2) is 28.1 Å². The van der Waals surface area contributed by atoms with Gasteiger partial charge in [0.15, 0.2) is 0 Å². The molecule has 0 spiro atoms. The summed E-state index contributed by atoms with van der Waals surface area (Å²) in [6.45, 7) is 2.04. The predicted molar refractivity (Wildman–Crippen MR) is 120 cm³/mol. The van der Waals surface area contributed by atoms with Crippen LogP contribution in [0, 0.1) is 11.3 Å². The van der Waals surface area contributed by atoms with Crippen LogP contribution in [0.3, 0.4) is 0 Å². The summed E-state index contributed by atoms with van der Waals surface area (Å²) in [5.41, 5.74) is 2.86. The van der Waals surface area contributed by atoms with Gasteiger partial charge in [0.25, 0.3) is 0 Å². The molecular weight excluding hydrogens is 394 g/mol. The van der Waals surface area contributed by atoms with E-state index in [9.17, 15) is 10.1 Å². The lowest BCUT2D eigenvalue weighted by Gasteiger charge is -2.23. The van der Waals surface area contributed by atoms with Crippen molar-refractivity contribution >= 4 is 34.8 Å². The van der Waals surface area contributed by atoms with Gasteiger partial charge in [-0.2, -0.15) is 5.26 Å². The van der Waals surface area contributed by atoms with Crippen molar-refractivity contribution in [1.29, 1.82) is 5.26 Å². The number of rotatable bonds is 4. The summed E-state index contributed by atoms with van der Waals surface area (Å²) in [6.07, 6.45) is 12.9. The highest BCUT2D eigenvalue weighted by atomic mass is 32.2. The minimum absolute atomic E-state index is 0.0724. The van der Waals surface area contributed by atoms with Gasteiger partial charge < -0.3 is 9.30 Å². The Balaban J connectivity index is 1.40. The van der Waals surface area contributed by atoms with Crippen LogP contribution < -0.4 is 0 Å². The first-order valence-corrected chi connectivity index (χ1v) is 11.9. The van der Waals surface area contributed by atoms with Gasteiger partial charge in [-0.05, 0) is 63.1 Å². The summed E-state index contributed by atoms with van der Waals surface area (Å²) < 4.78 is 7.99. The average molecular weight is 422 g/mol. The molecule has 2 aromatic rings. The number of ether oxygens (including phenoxy) is 1. The van der Waals surface area contributed by atoms with E-state index in [1.54, 1.807) is 6.21 Å². The van der Waals surface area contributed by atoms with Gasteiger partial charge in [0.1, 0.15) is 22.3 Å². The van der Waals surface area contributed by atoms with Gasteiger partial charge in [-0.3, -0.25) is 9.79 Å². The molecule has 0 saturated heterocycles. The van der Waals surface area contributed by atoms with Crippen molar-refractivity contribution in [3.8, 4) is 6.07 Å². The minimum Gasteiger partial charge on any atom is -0.461 e. The smallest absolute Gasteiger partial charge is 0.324 e. The summed E-state index contributed by atoms with van der Waals surface area (Å²) in [5.74, 6) is -0.175. The molecule has 2 aliphatic carbocycles. The molecule has 2 saturated carbocycles. The standard InChI is InChI=1S/C24H27N3O2S/c1-24(26-14-22(30-24)23(28)29-19-8-4-5-9-19)17-10-11-21-20(12-17)16(13-25)15-27(21)18-6-2-3-7-18/h10-12,14-15,18-19,22H,2-9H2,1H3. The highest BCUT2D eigenvalue weighted by Crippen LogP contribution is 2.46. The highest BCUT2D eigenvalue weighted by molar-refractivity contribution is 8.02. The molecule has 0 bridgehead atoms. The Morgan fingerprint density at radius 3 is 2.70 bits per heavy atom. The molecule has 2 unspecified atom stereocenters. The van der Waals surface area contributed by atoms with E-state index in [4.69, 9.17) is 9.73 Å². The summed E-state index contributed by atoms with van der Waals surface area (Å²) >= 11 is 1.53.